The van der Waals surface area contributed by atoms with Crippen molar-refractivity contribution in [2.45, 2.75) is 12.5 Å². The maximum Gasteiger partial charge on any atom is 0.203 e. The Kier molecular flexibility index (Phi) is 2.74. The molecule has 1 atom stereocenters. The molecule has 4 rings (SSSR count). The van der Waals surface area contributed by atoms with Gasteiger partial charge in [-0.05, 0) is 28.5 Å². The first kappa shape index (κ1) is 12.2. The Balaban J connectivity index is 1.65. The van der Waals surface area contributed by atoms with Crippen molar-refractivity contribution in [3.8, 4) is 5.75 Å². The number of para-hydroxylation sites is 1. The van der Waals surface area contributed by atoms with Gasteiger partial charge in [0, 0.05) is 12.0 Å². The molecule has 0 aliphatic carbocycles. The first-order chi connectivity index (χ1) is 10.3. The highest BCUT2D eigenvalue weighted by Gasteiger charge is 2.29. The highest BCUT2D eigenvalue weighted by molar-refractivity contribution is 6.03. The molecular formula is C19H14O2. The summed E-state index contributed by atoms with van der Waals surface area (Å²) in [5.41, 5.74) is 1.82. The van der Waals surface area contributed by atoms with Crippen LogP contribution < -0.4 is 4.74 Å². The molecule has 2 nitrogen and oxygen atoms in total. The predicted octanol–water partition coefficient (Wildman–Crippen LogP) is 4.03. The third-order valence-electron chi connectivity index (χ3n) is 3.97. The molecule has 2 heteroatoms. The first-order valence-electron chi connectivity index (χ1n) is 7.09. The molecule has 1 heterocycles. The Hall–Kier alpha value is -2.61. The Labute approximate surface area is 123 Å². The molecule has 0 saturated heterocycles. The standard InChI is InChI=1S/C19H14O2/c20-19(18-12-15-7-3-4-8-17(15)21-18)16-10-9-13-5-1-2-6-14(13)11-16/h1-11,18H,12H2. The summed E-state index contributed by atoms with van der Waals surface area (Å²) < 4.78 is 5.79. The molecule has 1 unspecified atom stereocenters. The van der Waals surface area contributed by atoms with Crippen LogP contribution in [0.1, 0.15) is 15.9 Å². The second-order valence-corrected chi connectivity index (χ2v) is 5.34. The van der Waals surface area contributed by atoms with Crippen molar-refractivity contribution in [3.63, 3.8) is 0 Å². The van der Waals surface area contributed by atoms with Crippen molar-refractivity contribution in [2.75, 3.05) is 0 Å². The van der Waals surface area contributed by atoms with E-state index in [0.29, 0.717) is 12.0 Å². The maximum atomic E-state index is 12.6. The fraction of sp³-hybridized carbons (Fsp3) is 0.105. The SMILES string of the molecule is O=C(c1ccc2ccccc2c1)C1Cc2ccccc2O1. The van der Waals surface area contributed by atoms with E-state index >= 15 is 0 Å². The topological polar surface area (TPSA) is 26.3 Å². The van der Waals surface area contributed by atoms with Gasteiger partial charge < -0.3 is 4.74 Å². The van der Waals surface area contributed by atoms with E-state index in [1.54, 1.807) is 0 Å². The molecule has 0 saturated carbocycles. The predicted molar refractivity (Wildman–Crippen MR) is 82.8 cm³/mol. The number of rotatable bonds is 2. The molecule has 0 amide bonds. The lowest BCUT2D eigenvalue weighted by atomic mass is 9.99. The number of hydrogen-bond acceptors (Lipinski definition) is 2. The van der Waals surface area contributed by atoms with E-state index in [9.17, 15) is 4.79 Å². The molecule has 0 spiro atoms. The minimum atomic E-state index is -0.399. The van der Waals surface area contributed by atoms with Crippen molar-refractivity contribution in [1.29, 1.82) is 0 Å². The molecule has 21 heavy (non-hydrogen) atoms. The van der Waals surface area contributed by atoms with Gasteiger partial charge in [0.1, 0.15) is 5.75 Å². The zero-order chi connectivity index (χ0) is 14.2. The van der Waals surface area contributed by atoms with Gasteiger partial charge >= 0.3 is 0 Å². The fourth-order valence-corrected chi connectivity index (χ4v) is 2.86. The lowest BCUT2D eigenvalue weighted by Gasteiger charge is -2.10. The van der Waals surface area contributed by atoms with Crippen LogP contribution in [0.2, 0.25) is 0 Å². The van der Waals surface area contributed by atoms with E-state index in [1.165, 1.54) is 0 Å². The molecule has 0 radical (unpaired) electrons. The largest absolute Gasteiger partial charge is 0.482 e. The normalized spacial score (nSPS) is 16.5. The quantitative estimate of drug-likeness (QED) is 0.660. The van der Waals surface area contributed by atoms with Gasteiger partial charge in [0.25, 0.3) is 0 Å². The number of ketones is 1. The Morgan fingerprint density at radius 1 is 0.905 bits per heavy atom. The number of hydrogen-bond donors (Lipinski definition) is 0. The van der Waals surface area contributed by atoms with Gasteiger partial charge in [0.2, 0.25) is 5.78 Å². The first-order valence-corrected chi connectivity index (χ1v) is 7.09. The number of carbonyl (C=O) groups is 1. The van der Waals surface area contributed by atoms with Crippen molar-refractivity contribution >= 4 is 16.6 Å². The summed E-state index contributed by atoms with van der Waals surface area (Å²) in [6, 6.07) is 21.7. The minimum absolute atomic E-state index is 0.0527. The van der Waals surface area contributed by atoms with Gasteiger partial charge in [-0.3, -0.25) is 4.79 Å². The third-order valence-corrected chi connectivity index (χ3v) is 3.97. The average molecular weight is 274 g/mol. The molecule has 1 aliphatic rings. The van der Waals surface area contributed by atoms with Crippen molar-refractivity contribution in [3.05, 3.63) is 77.9 Å². The smallest absolute Gasteiger partial charge is 0.203 e. The van der Waals surface area contributed by atoms with Crippen LogP contribution in [0, 0.1) is 0 Å². The summed E-state index contributed by atoms with van der Waals surface area (Å²) in [6.45, 7) is 0. The molecule has 3 aromatic carbocycles. The summed E-state index contributed by atoms with van der Waals surface area (Å²) in [7, 11) is 0. The molecule has 0 fully saturated rings. The van der Waals surface area contributed by atoms with Gasteiger partial charge in [0.05, 0.1) is 0 Å². The number of carbonyl (C=O) groups excluding carboxylic acids is 1. The van der Waals surface area contributed by atoms with Crippen LogP contribution in [-0.4, -0.2) is 11.9 Å². The Morgan fingerprint density at radius 3 is 2.52 bits per heavy atom. The van der Waals surface area contributed by atoms with Gasteiger partial charge in [-0.15, -0.1) is 0 Å². The second kappa shape index (κ2) is 4.74. The van der Waals surface area contributed by atoms with Gasteiger partial charge in [0.15, 0.2) is 6.10 Å². The maximum absolute atomic E-state index is 12.6. The summed E-state index contributed by atoms with van der Waals surface area (Å²) in [6.07, 6.45) is 0.255. The van der Waals surface area contributed by atoms with E-state index in [0.717, 1.165) is 22.1 Å². The molecule has 0 N–H and O–H groups in total. The lowest BCUT2D eigenvalue weighted by molar-refractivity contribution is 0.0825. The molecule has 0 aromatic heterocycles. The van der Waals surface area contributed by atoms with Gasteiger partial charge in [-0.2, -0.15) is 0 Å². The highest BCUT2D eigenvalue weighted by atomic mass is 16.5. The Bertz CT molecular complexity index is 811. The summed E-state index contributed by atoms with van der Waals surface area (Å²) in [5.74, 6) is 0.883. The van der Waals surface area contributed by atoms with E-state index in [1.807, 2.05) is 66.7 Å². The van der Waals surface area contributed by atoms with Gasteiger partial charge in [-0.1, -0.05) is 54.6 Å². The summed E-state index contributed by atoms with van der Waals surface area (Å²) >= 11 is 0. The molecule has 3 aromatic rings. The molecule has 1 aliphatic heterocycles. The summed E-state index contributed by atoms with van der Waals surface area (Å²) in [4.78, 5) is 12.6. The number of ether oxygens (including phenoxy) is 1. The van der Waals surface area contributed by atoms with E-state index in [2.05, 4.69) is 0 Å². The average Bonchev–Trinajstić information content (AvgIpc) is 2.97. The molecule has 102 valence electrons. The van der Waals surface area contributed by atoms with E-state index < -0.39 is 6.10 Å². The van der Waals surface area contributed by atoms with Crippen LogP contribution >= 0.6 is 0 Å². The van der Waals surface area contributed by atoms with Crippen LogP contribution in [0.25, 0.3) is 10.8 Å². The molecular weight excluding hydrogens is 260 g/mol. The van der Waals surface area contributed by atoms with Crippen molar-refractivity contribution in [1.82, 2.24) is 0 Å². The third kappa shape index (κ3) is 2.09. The highest BCUT2D eigenvalue weighted by Crippen LogP contribution is 2.30. The van der Waals surface area contributed by atoms with Crippen LogP contribution in [0.5, 0.6) is 5.75 Å². The van der Waals surface area contributed by atoms with Crippen molar-refractivity contribution < 1.29 is 9.53 Å². The summed E-state index contributed by atoms with van der Waals surface area (Å²) in [5, 5.41) is 2.23. The van der Waals surface area contributed by atoms with Crippen LogP contribution in [-0.2, 0) is 6.42 Å². The Morgan fingerprint density at radius 2 is 1.67 bits per heavy atom. The van der Waals surface area contributed by atoms with E-state index in [-0.39, 0.29) is 5.78 Å². The second-order valence-electron chi connectivity index (χ2n) is 5.34. The minimum Gasteiger partial charge on any atom is -0.482 e. The number of benzene rings is 3. The van der Waals surface area contributed by atoms with Gasteiger partial charge in [-0.25, -0.2) is 0 Å². The molecule has 0 bridgehead atoms. The van der Waals surface area contributed by atoms with Crippen molar-refractivity contribution in [2.24, 2.45) is 0 Å². The fourth-order valence-electron chi connectivity index (χ4n) is 2.86. The van der Waals surface area contributed by atoms with Crippen LogP contribution in [0.3, 0.4) is 0 Å². The number of fused-ring (bicyclic) bond motifs is 2. The zero-order valence-electron chi connectivity index (χ0n) is 11.5. The monoisotopic (exact) mass is 274 g/mol. The zero-order valence-corrected chi connectivity index (χ0v) is 11.5. The van der Waals surface area contributed by atoms with Crippen LogP contribution in [0.4, 0.5) is 0 Å². The van der Waals surface area contributed by atoms with Crippen LogP contribution in [0.15, 0.2) is 66.7 Å². The lowest BCUT2D eigenvalue weighted by Crippen LogP contribution is -2.25. The van der Waals surface area contributed by atoms with E-state index in [4.69, 9.17) is 4.74 Å². The number of Topliss-reactive ketones (excluding diaryl/α,β-unsaturated/α-hetero) is 1.